The van der Waals surface area contributed by atoms with Crippen LogP contribution in [0.4, 0.5) is 0 Å². The Morgan fingerprint density at radius 3 is 2.62 bits per heavy atom. The summed E-state index contributed by atoms with van der Waals surface area (Å²) in [6.07, 6.45) is 1.84. The zero-order chi connectivity index (χ0) is 5.11. The molecule has 0 aliphatic heterocycles. The maximum absolute atomic E-state index is 3.61. The summed E-state index contributed by atoms with van der Waals surface area (Å²) in [5.74, 6) is 0. The van der Waals surface area contributed by atoms with E-state index in [-0.39, 0.29) is 17.1 Å². The van der Waals surface area contributed by atoms with E-state index in [1.165, 1.54) is 5.56 Å². The van der Waals surface area contributed by atoms with Gasteiger partial charge < -0.3 is 0 Å². The summed E-state index contributed by atoms with van der Waals surface area (Å²) in [5, 5.41) is 4.10. The van der Waals surface area contributed by atoms with Gasteiger partial charge in [-0.3, -0.25) is 0 Å². The number of thiophene rings is 1. The molecule has 1 rings (SSSR count). The van der Waals surface area contributed by atoms with Gasteiger partial charge in [0, 0.05) is 17.1 Å². The van der Waals surface area contributed by atoms with Crippen LogP contribution in [-0.4, -0.2) is 0 Å². The first-order valence-electron chi connectivity index (χ1n) is 2.08. The van der Waals surface area contributed by atoms with Gasteiger partial charge in [0.15, 0.2) is 0 Å². The van der Waals surface area contributed by atoms with Gasteiger partial charge in [-0.05, 0) is 22.4 Å². The first kappa shape index (κ1) is 7.96. The third-order valence-electron chi connectivity index (χ3n) is 0.779. The first-order chi connectivity index (χ1) is 3.43. The van der Waals surface area contributed by atoms with Crippen molar-refractivity contribution in [1.82, 2.24) is 0 Å². The maximum atomic E-state index is 3.61. The van der Waals surface area contributed by atoms with E-state index in [4.69, 9.17) is 0 Å². The fraction of sp³-hybridized carbons (Fsp3) is 0. The molecule has 0 saturated carbocycles. The Hall–Kier alpha value is -0.0405. The monoisotopic (exact) mass is 173 g/mol. The molecule has 1 aromatic rings. The largest absolute Gasteiger partial charge is 0.152 e. The van der Waals surface area contributed by atoms with E-state index in [1.807, 2.05) is 17.5 Å². The predicted octanol–water partition coefficient (Wildman–Crippen LogP) is 2.39. The minimum absolute atomic E-state index is 0. The summed E-state index contributed by atoms with van der Waals surface area (Å²) >= 11 is 1.69. The quantitative estimate of drug-likeness (QED) is 0.573. The normalized spacial score (nSPS) is 7.50. The van der Waals surface area contributed by atoms with Gasteiger partial charge in [0.2, 0.25) is 0 Å². The zero-order valence-corrected chi connectivity index (χ0v) is 5.98. The Morgan fingerprint density at radius 2 is 2.38 bits per heavy atom. The van der Waals surface area contributed by atoms with Crippen LogP contribution < -0.4 is 0 Å². The van der Waals surface area contributed by atoms with Gasteiger partial charge in [0.1, 0.15) is 0 Å². The Morgan fingerprint density at radius 1 is 1.62 bits per heavy atom. The zero-order valence-electron chi connectivity index (χ0n) is 4.23. The van der Waals surface area contributed by atoms with E-state index >= 15 is 0 Å². The van der Waals surface area contributed by atoms with Crippen LogP contribution in [0.3, 0.4) is 0 Å². The number of rotatable bonds is 1. The van der Waals surface area contributed by atoms with Gasteiger partial charge in [-0.2, -0.15) is 11.3 Å². The summed E-state index contributed by atoms with van der Waals surface area (Å²) in [7, 11) is 0. The van der Waals surface area contributed by atoms with Gasteiger partial charge >= 0.3 is 0 Å². The molecule has 2 heteroatoms. The predicted molar refractivity (Wildman–Crippen MR) is 34.4 cm³/mol. The van der Waals surface area contributed by atoms with Crippen LogP contribution in [0.15, 0.2) is 23.4 Å². The molecule has 0 fully saturated rings. The summed E-state index contributed by atoms with van der Waals surface area (Å²) in [5.41, 5.74) is 1.21. The van der Waals surface area contributed by atoms with Crippen LogP contribution in [0, 0.1) is 0 Å². The van der Waals surface area contributed by atoms with Gasteiger partial charge in [0.25, 0.3) is 0 Å². The Bertz CT molecular complexity index is 144. The fourth-order valence-corrected chi connectivity index (χ4v) is 1.04. The van der Waals surface area contributed by atoms with Crippen LogP contribution in [0.2, 0.25) is 0 Å². The molecule has 0 unspecified atom stereocenters. The van der Waals surface area contributed by atoms with Crippen molar-refractivity contribution in [3.05, 3.63) is 29.0 Å². The van der Waals surface area contributed by atoms with Crippen molar-refractivity contribution < 1.29 is 17.1 Å². The topological polar surface area (TPSA) is 0 Å². The third-order valence-corrected chi connectivity index (χ3v) is 1.48. The summed E-state index contributed by atoms with van der Waals surface area (Å²) in [4.78, 5) is 0. The summed E-state index contributed by atoms with van der Waals surface area (Å²) in [6.45, 7) is 3.61. The molecular formula is C6H6CuS. The molecule has 1 aromatic heterocycles. The Balaban J connectivity index is 0.000000490. The molecule has 0 nitrogen and oxygen atoms in total. The van der Waals surface area contributed by atoms with Crippen LogP contribution in [0.25, 0.3) is 6.08 Å². The van der Waals surface area contributed by atoms with Crippen molar-refractivity contribution in [2.45, 2.75) is 0 Å². The van der Waals surface area contributed by atoms with Crippen molar-refractivity contribution in [3.63, 3.8) is 0 Å². The molecule has 0 atom stereocenters. The minimum Gasteiger partial charge on any atom is -0.152 e. The summed E-state index contributed by atoms with van der Waals surface area (Å²) in [6, 6.07) is 2.04. The molecule has 0 aliphatic rings. The summed E-state index contributed by atoms with van der Waals surface area (Å²) < 4.78 is 0. The maximum Gasteiger partial charge on any atom is 0 e. The molecule has 1 radical (unpaired) electrons. The van der Waals surface area contributed by atoms with Crippen LogP contribution in [0.1, 0.15) is 5.56 Å². The van der Waals surface area contributed by atoms with E-state index in [1.54, 1.807) is 11.3 Å². The van der Waals surface area contributed by atoms with Crippen LogP contribution in [-0.2, 0) is 17.1 Å². The average molecular weight is 174 g/mol. The van der Waals surface area contributed by atoms with Crippen molar-refractivity contribution >= 4 is 17.4 Å². The van der Waals surface area contributed by atoms with E-state index < -0.39 is 0 Å². The molecule has 0 aromatic carbocycles. The third kappa shape index (κ3) is 1.83. The van der Waals surface area contributed by atoms with E-state index in [9.17, 15) is 0 Å². The van der Waals surface area contributed by atoms with Gasteiger partial charge in [-0.15, -0.1) is 0 Å². The molecule has 47 valence electrons. The molecule has 0 bridgehead atoms. The standard InChI is InChI=1S/C6H6S.Cu/c1-2-6-3-4-7-5-6;/h2-5H,1H2;. The minimum atomic E-state index is 0. The molecule has 0 amide bonds. The van der Waals surface area contributed by atoms with Gasteiger partial charge in [0.05, 0.1) is 0 Å². The first-order valence-corrected chi connectivity index (χ1v) is 3.02. The molecule has 0 saturated heterocycles. The Kier molecular flexibility index (Phi) is 3.88. The second-order valence-corrected chi connectivity index (χ2v) is 2.04. The van der Waals surface area contributed by atoms with Crippen LogP contribution >= 0.6 is 11.3 Å². The number of hydrogen-bond donors (Lipinski definition) is 0. The van der Waals surface area contributed by atoms with Gasteiger partial charge in [-0.25, -0.2) is 0 Å². The van der Waals surface area contributed by atoms with Crippen molar-refractivity contribution in [2.24, 2.45) is 0 Å². The van der Waals surface area contributed by atoms with Crippen LogP contribution in [0.5, 0.6) is 0 Å². The van der Waals surface area contributed by atoms with Gasteiger partial charge in [-0.1, -0.05) is 12.7 Å². The molecule has 0 N–H and O–H groups in total. The van der Waals surface area contributed by atoms with Crippen molar-refractivity contribution in [3.8, 4) is 0 Å². The van der Waals surface area contributed by atoms with E-state index in [0.29, 0.717) is 0 Å². The second kappa shape index (κ2) is 3.90. The van der Waals surface area contributed by atoms with E-state index in [0.717, 1.165) is 0 Å². The molecule has 8 heavy (non-hydrogen) atoms. The molecule has 0 spiro atoms. The molecular weight excluding hydrogens is 168 g/mol. The molecule has 0 aliphatic carbocycles. The van der Waals surface area contributed by atoms with E-state index in [2.05, 4.69) is 12.0 Å². The fourth-order valence-electron chi connectivity index (χ4n) is 0.391. The van der Waals surface area contributed by atoms with Crippen molar-refractivity contribution in [2.75, 3.05) is 0 Å². The van der Waals surface area contributed by atoms with Crippen molar-refractivity contribution in [1.29, 1.82) is 0 Å². The number of hydrogen-bond acceptors (Lipinski definition) is 1. The smallest absolute Gasteiger partial charge is 0 e. The SMILES string of the molecule is C=Cc1ccsc1.[Cu]. The Labute approximate surface area is 63.7 Å². The second-order valence-electron chi connectivity index (χ2n) is 1.26. The average Bonchev–Trinajstić information content (AvgIpc) is 2.14. The molecule has 1 heterocycles.